The molecule has 0 aromatic heterocycles. The molecule has 0 unspecified atom stereocenters. The predicted octanol–water partition coefficient (Wildman–Crippen LogP) is 13.3. The summed E-state index contributed by atoms with van der Waals surface area (Å²) in [4.78, 5) is 0. The molecule has 0 heterocycles. The third kappa shape index (κ3) is 4.01. The first kappa shape index (κ1) is 30.6. The number of benzene rings is 6. The van der Waals surface area contributed by atoms with E-state index in [-0.39, 0.29) is 16.2 Å². The zero-order chi connectivity index (χ0) is 34.7. The first-order chi connectivity index (χ1) is 23.9. The number of para-hydroxylation sites is 1. The van der Waals surface area contributed by atoms with Crippen LogP contribution >= 0.6 is 0 Å². The Hall–Kier alpha value is -5.40. The van der Waals surface area contributed by atoms with Gasteiger partial charge in [-0.2, -0.15) is 0 Å². The second-order valence-electron chi connectivity index (χ2n) is 16.0. The Morgan fingerprint density at radius 1 is 0.560 bits per heavy atom. The number of hydrogen-bond donors (Lipinski definition) is 1. The van der Waals surface area contributed by atoms with Crippen LogP contribution in [0.2, 0.25) is 0 Å². The van der Waals surface area contributed by atoms with Gasteiger partial charge in [0.2, 0.25) is 0 Å². The van der Waals surface area contributed by atoms with Crippen LogP contribution in [-0.2, 0) is 16.2 Å². The number of allylic oxidation sites excluding steroid dienone is 4. The second kappa shape index (κ2) is 10.3. The minimum absolute atomic E-state index is 0.0718. The second-order valence-corrected chi connectivity index (χ2v) is 16.0. The molecule has 0 saturated heterocycles. The summed E-state index contributed by atoms with van der Waals surface area (Å²) in [6.07, 6.45) is 5.72. The third-order valence-corrected chi connectivity index (χ3v) is 12.1. The molecule has 0 bridgehead atoms. The van der Waals surface area contributed by atoms with E-state index < -0.39 is 0 Å². The molecule has 0 fully saturated rings. The maximum atomic E-state index is 4.31. The van der Waals surface area contributed by atoms with Gasteiger partial charge in [-0.25, -0.2) is 0 Å². The summed E-state index contributed by atoms with van der Waals surface area (Å²) in [7, 11) is 0. The standard InChI is InChI=1S/C49H43N/c1-9-10-16-29(2)31-17-12-14-22-44(31)50-30-23-24-33-35-26-42-37(28-41(35)48(5,6)40(33)25-30)46-34-19-15-21-39-45(34)36(27-43(46)49(42,7)8)32-18-11-13-20-38(32)47(39,3)4/h9-28,50H,1-2H2,3-8H3/b16-10-. The summed E-state index contributed by atoms with van der Waals surface area (Å²) in [5.41, 5.74) is 20.5. The van der Waals surface area contributed by atoms with E-state index in [1.807, 2.05) is 12.2 Å². The predicted molar refractivity (Wildman–Crippen MR) is 215 cm³/mol. The van der Waals surface area contributed by atoms with E-state index in [2.05, 4.69) is 163 Å². The van der Waals surface area contributed by atoms with Gasteiger partial charge in [0.05, 0.1) is 0 Å². The molecule has 0 saturated carbocycles. The van der Waals surface area contributed by atoms with Crippen LogP contribution in [0.15, 0.2) is 135 Å². The van der Waals surface area contributed by atoms with Crippen molar-refractivity contribution >= 4 is 27.7 Å². The first-order valence-corrected chi connectivity index (χ1v) is 17.8. The summed E-state index contributed by atoms with van der Waals surface area (Å²) >= 11 is 0. The number of nitrogens with one attached hydrogen (secondary N) is 1. The van der Waals surface area contributed by atoms with Gasteiger partial charge in [0.25, 0.3) is 0 Å². The Balaban J connectivity index is 1.19. The smallest absolute Gasteiger partial charge is 0.0463 e. The van der Waals surface area contributed by atoms with Gasteiger partial charge in [-0.1, -0.05) is 140 Å². The van der Waals surface area contributed by atoms with E-state index in [1.54, 1.807) is 6.08 Å². The van der Waals surface area contributed by atoms with E-state index in [4.69, 9.17) is 0 Å². The number of hydrogen-bond acceptors (Lipinski definition) is 1. The molecule has 1 heteroatoms. The summed E-state index contributed by atoms with van der Waals surface area (Å²) in [6, 6.07) is 39.0. The van der Waals surface area contributed by atoms with Gasteiger partial charge in [0.15, 0.2) is 0 Å². The number of fused-ring (bicyclic) bond motifs is 9. The molecule has 6 aromatic rings. The highest BCUT2D eigenvalue weighted by Gasteiger charge is 2.44. The zero-order valence-electron chi connectivity index (χ0n) is 30.0. The molecule has 50 heavy (non-hydrogen) atoms. The van der Waals surface area contributed by atoms with Crippen LogP contribution in [0.5, 0.6) is 0 Å². The van der Waals surface area contributed by atoms with Gasteiger partial charge in [0.1, 0.15) is 0 Å². The summed E-state index contributed by atoms with van der Waals surface area (Å²) < 4.78 is 0. The van der Waals surface area contributed by atoms with E-state index in [1.165, 1.54) is 77.5 Å². The number of rotatable bonds is 5. The van der Waals surface area contributed by atoms with E-state index >= 15 is 0 Å². The maximum absolute atomic E-state index is 4.31. The van der Waals surface area contributed by atoms with Crippen molar-refractivity contribution in [2.45, 2.75) is 57.8 Å². The molecule has 0 amide bonds. The molecular weight excluding hydrogens is 603 g/mol. The Bertz CT molecular complexity index is 2510. The fraction of sp³-hybridized carbons (Fsp3) is 0.184. The molecule has 0 radical (unpaired) electrons. The van der Waals surface area contributed by atoms with E-state index in [9.17, 15) is 0 Å². The van der Waals surface area contributed by atoms with Gasteiger partial charge in [-0.15, -0.1) is 0 Å². The minimum atomic E-state index is -0.159. The van der Waals surface area contributed by atoms with Crippen LogP contribution < -0.4 is 5.32 Å². The van der Waals surface area contributed by atoms with Crippen LogP contribution in [0.4, 0.5) is 11.4 Å². The van der Waals surface area contributed by atoms with Crippen LogP contribution in [0.25, 0.3) is 49.7 Å². The quantitative estimate of drug-likeness (QED) is 0.184. The van der Waals surface area contributed by atoms with Gasteiger partial charge in [-0.05, 0) is 120 Å². The average Bonchev–Trinajstić information content (AvgIpc) is 3.47. The number of anilines is 2. The summed E-state index contributed by atoms with van der Waals surface area (Å²) in [5.74, 6) is 0. The van der Waals surface area contributed by atoms with Crippen molar-refractivity contribution in [3.05, 3.63) is 173 Å². The molecule has 0 aliphatic heterocycles. The molecule has 1 nitrogen and oxygen atoms in total. The Kier molecular flexibility index (Phi) is 6.32. The van der Waals surface area contributed by atoms with Crippen LogP contribution in [-0.4, -0.2) is 0 Å². The van der Waals surface area contributed by atoms with Gasteiger partial charge in [-0.3, -0.25) is 0 Å². The minimum Gasteiger partial charge on any atom is -0.355 e. The summed E-state index contributed by atoms with van der Waals surface area (Å²) in [6.45, 7) is 22.5. The molecular formula is C49H43N. The van der Waals surface area contributed by atoms with Crippen molar-refractivity contribution in [1.82, 2.24) is 0 Å². The lowest BCUT2D eigenvalue weighted by atomic mass is 9.67. The lowest BCUT2D eigenvalue weighted by Crippen LogP contribution is -2.24. The molecule has 0 spiro atoms. The van der Waals surface area contributed by atoms with Crippen molar-refractivity contribution in [1.29, 1.82) is 0 Å². The SMILES string of the molecule is C=C/C=C\C(=C)c1ccccc1Nc1ccc2c(c1)C(C)(C)c1cc3c(cc1-2)C(C)(C)c1cc2c4c(cccc4c1-3)C(C)(C)c1ccccc1-2. The topological polar surface area (TPSA) is 12.0 Å². The van der Waals surface area contributed by atoms with Gasteiger partial charge >= 0.3 is 0 Å². The third-order valence-electron chi connectivity index (χ3n) is 12.1. The Labute approximate surface area is 296 Å². The maximum Gasteiger partial charge on any atom is 0.0463 e. The fourth-order valence-electron chi connectivity index (χ4n) is 9.44. The van der Waals surface area contributed by atoms with Crippen molar-refractivity contribution in [3.63, 3.8) is 0 Å². The van der Waals surface area contributed by atoms with Crippen LogP contribution in [0.1, 0.15) is 80.5 Å². The molecule has 6 aromatic carbocycles. The monoisotopic (exact) mass is 645 g/mol. The lowest BCUT2D eigenvalue weighted by Gasteiger charge is -2.36. The lowest BCUT2D eigenvalue weighted by molar-refractivity contribution is 0.643. The highest BCUT2D eigenvalue weighted by Crippen LogP contribution is 2.60. The summed E-state index contributed by atoms with van der Waals surface area (Å²) in [5, 5.41) is 6.53. The van der Waals surface area contributed by atoms with Gasteiger partial charge in [0, 0.05) is 33.2 Å². The first-order valence-electron chi connectivity index (χ1n) is 17.8. The van der Waals surface area contributed by atoms with E-state index in [0.29, 0.717) is 0 Å². The van der Waals surface area contributed by atoms with Crippen molar-refractivity contribution < 1.29 is 0 Å². The van der Waals surface area contributed by atoms with Crippen LogP contribution in [0, 0.1) is 0 Å². The van der Waals surface area contributed by atoms with Crippen molar-refractivity contribution in [3.8, 4) is 33.4 Å². The Morgan fingerprint density at radius 2 is 1.18 bits per heavy atom. The average molecular weight is 646 g/mol. The van der Waals surface area contributed by atoms with Crippen LogP contribution in [0.3, 0.4) is 0 Å². The molecule has 244 valence electrons. The molecule has 3 aliphatic rings. The molecule has 0 atom stereocenters. The van der Waals surface area contributed by atoms with Crippen molar-refractivity contribution in [2.24, 2.45) is 0 Å². The molecule has 1 N–H and O–H groups in total. The van der Waals surface area contributed by atoms with Crippen molar-refractivity contribution in [2.75, 3.05) is 5.32 Å². The van der Waals surface area contributed by atoms with E-state index in [0.717, 1.165) is 22.5 Å². The highest BCUT2D eigenvalue weighted by atomic mass is 14.9. The normalized spacial score (nSPS) is 16.4. The van der Waals surface area contributed by atoms with Gasteiger partial charge < -0.3 is 5.32 Å². The zero-order valence-corrected chi connectivity index (χ0v) is 30.0. The highest BCUT2D eigenvalue weighted by molar-refractivity contribution is 6.13. The molecule has 3 aliphatic carbocycles. The molecule has 9 rings (SSSR count). The largest absolute Gasteiger partial charge is 0.355 e. The fourth-order valence-corrected chi connectivity index (χ4v) is 9.44. The Morgan fingerprint density at radius 3 is 2.00 bits per heavy atom.